The van der Waals surface area contributed by atoms with E-state index in [1.165, 1.54) is 34.4 Å². The van der Waals surface area contributed by atoms with Gasteiger partial charge in [-0.25, -0.2) is 21.9 Å². The van der Waals surface area contributed by atoms with Crippen molar-refractivity contribution in [3.63, 3.8) is 0 Å². The normalized spacial score (nSPS) is 18.6. The maximum atomic E-state index is 14.1. The molecule has 2 aromatic heterocycles. The molecule has 1 saturated heterocycles. The van der Waals surface area contributed by atoms with Gasteiger partial charge in [-0.2, -0.15) is 19.3 Å². The van der Waals surface area contributed by atoms with E-state index in [0.29, 0.717) is 6.54 Å². The molecule has 0 radical (unpaired) electrons. The number of sulfonamides is 1. The topological polar surface area (TPSA) is 89.2 Å². The lowest BCUT2D eigenvalue weighted by molar-refractivity contribution is 0.0917. The van der Waals surface area contributed by atoms with Crippen LogP contribution in [0, 0.1) is 12.7 Å². The van der Waals surface area contributed by atoms with Gasteiger partial charge in [0.15, 0.2) is 0 Å². The zero-order valence-corrected chi connectivity index (χ0v) is 21.0. The third-order valence-corrected chi connectivity index (χ3v) is 8.24. The van der Waals surface area contributed by atoms with Crippen LogP contribution in [0.1, 0.15) is 24.1 Å². The Morgan fingerprint density at radius 1 is 1.11 bits per heavy atom. The highest BCUT2D eigenvalue weighted by molar-refractivity contribution is 7.89. The summed E-state index contributed by atoms with van der Waals surface area (Å²) in [5.74, 6) is -0.325. The number of alkyl halides is 1. The summed E-state index contributed by atoms with van der Waals surface area (Å²) in [5, 5.41) is 13.1. The van der Waals surface area contributed by atoms with Gasteiger partial charge in [0.25, 0.3) is 10.0 Å². The average molecular weight is 516 g/mol. The Hall–Kier alpha value is -3.22. The average Bonchev–Trinajstić information content (AvgIpc) is 3.45. The molecule has 0 spiro atoms. The van der Waals surface area contributed by atoms with Crippen LogP contribution in [0.15, 0.2) is 53.8 Å². The number of aromatic nitrogens is 5. The van der Waals surface area contributed by atoms with Crippen LogP contribution in [0.5, 0.6) is 0 Å². The third-order valence-electron chi connectivity index (χ3n) is 6.51. The van der Waals surface area contributed by atoms with E-state index in [9.17, 15) is 17.2 Å². The van der Waals surface area contributed by atoms with E-state index in [-0.39, 0.29) is 36.5 Å². The molecular weight excluding hydrogens is 488 g/mol. The van der Waals surface area contributed by atoms with Crippen molar-refractivity contribution in [2.24, 2.45) is 7.05 Å². The van der Waals surface area contributed by atoms with Crippen molar-refractivity contribution in [2.75, 3.05) is 26.2 Å². The number of nitrogens with zero attached hydrogens (tertiary/aromatic N) is 7. The van der Waals surface area contributed by atoms with Gasteiger partial charge in [0.1, 0.15) is 12.0 Å². The summed E-state index contributed by atoms with van der Waals surface area (Å²) in [5.41, 5.74) is 3.39. The van der Waals surface area contributed by atoms with E-state index >= 15 is 0 Å². The van der Waals surface area contributed by atoms with Crippen molar-refractivity contribution in [3.05, 3.63) is 65.7 Å². The van der Waals surface area contributed by atoms with E-state index in [2.05, 4.69) is 15.3 Å². The molecule has 2 aromatic carbocycles. The Morgan fingerprint density at radius 3 is 2.53 bits per heavy atom. The summed E-state index contributed by atoms with van der Waals surface area (Å²) < 4.78 is 57.2. The van der Waals surface area contributed by atoms with Crippen LogP contribution >= 0.6 is 0 Å². The van der Waals surface area contributed by atoms with E-state index in [1.54, 1.807) is 30.1 Å². The second-order valence-electron chi connectivity index (χ2n) is 9.13. The number of halogens is 2. The van der Waals surface area contributed by atoms with Gasteiger partial charge in [0.2, 0.25) is 5.03 Å². The Balaban J connectivity index is 1.53. The first-order valence-corrected chi connectivity index (χ1v) is 13.1. The van der Waals surface area contributed by atoms with Gasteiger partial charge < -0.3 is 0 Å². The molecule has 1 aliphatic heterocycles. The molecule has 1 fully saturated rings. The Labute approximate surface area is 208 Å². The van der Waals surface area contributed by atoms with Crippen LogP contribution in [0.2, 0.25) is 0 Å². The number of rotatable bonds is 6. The lowest BCUT2D eigenvalue weighted by Crippen LogP contribution is -2.51. The summed E-state index contributed by atoms with van der Waals surface area (Å²) in [6.45, 7) is 4.41. The van der Waals surface area contributed by atoms with Gasteiger partial charge in [-0.3, -0.25) is 4.90 Å². The first-order valence-electron chi connectivity index (χ1n) is 11.6. The first kappa shape index (κ1) is 24.5. The minimum absolute atomic E-state index is 0.108. The lowest BCUT2D eigenvalue weighted by Gasteiger charge is -2.41. The van der Waals surface area contributed by atoms with Gasteiger partial charge in [-0.05, 0) is 61.4 Å². The highest BCUT2D eigenvalue weighted by Gasteiger charge is 2.37. The van der Waals surface area contributed by atoms with Gasteiger partial charge in [-0.1, -0.05) is 0 Å². The summed E-state index contributed by atoms with van der Waals surface area (Å²) in [6.07, 6.45) is 1.89. The van der Waals surface area contributed by atoms with Gasteiger partial charge in [0.05, 0.1) is 23.6 Å². The summed E-state index contributed by atoms with van der Waals surface area (Å²) >= 11 is 0. The number of benzene rings is 2. The minimum Gasteiger partial charge on any atom is -0.291 e. The van der Waals surface area contributed by atoms with Gasteiger partial charge >= 0.3 is 0 Å². The van der Waals surface area contributed by atoms with Crippen LogP contribution < -0.4 is 0 Å². The molecule has 0 aliphatic carbocycles. The predicted octanol–water partition coefficient (Wildman–Crippen LogP) is 3.01. The van der Waals surface area contributed by atoms with Crippen LogP contribution in [0.25, 0.3) is 16.6 Å². The molecule has 0 bridgehead atoms. The largest absolute Gasteiger partial charge is 0.291 e. The molecule has 0 N–H and O–H groups in total. The van der Waals surface area contributed by atoms with Crippen molar-refractivity contribution in [3.8, 4) is 5.69 Å². The van der Waals surface area contributed by atoms with Gasteiger partial charge in [-0.15, -0.1) is 5.10 Å². The second-order valence-corrected chi connectivity index (χ2v) is 11.0. The minimum atomic E-state index is -3.85. The molecule has 12 heteroatoms. The summed E-state index contributed by atoms with van der Waals surface area (Å²) in [6, 6.07) is 9.69. The molecule has 9 nitrogen and oxygen atoms in total. The van der Waals surface area contributed by atoms with Crippen LogP contribution in [0.3, 0.4) is 0 Å². The first-order chi connectivity index (χ1) is 17.1. The fourth-order valence-electron chi connectivity index (χ4n) is 4.77. The van der Waals surface area contributed by atoms with Gasteiger partial charge in [0, 0.05) is 44.7 Å². The second kappa shape index (κ2) is 9.34. The van der Waals surface area contributed by atoms with E-state index < -0.39 is 16.2 Å². The zero-order chi connectivity index (χ0) is 25.6. The molecule has 0 amide bonds. The zero-order valence-electron chi connectivity index (χ0n) is 20.2. The number of hydrogen-bond donors (Lipinski definition) is 0. The van der Waals surface area contributed by atoms with Crippen molar-refractivity contribution in [2.45, 2.75) is 31.1 Å². The predicted molar refractivity (Wildman–Crippen MR) is 130 cm³/mol. The highest BCUT2D eigenvalue weighted by atomic mass is 32.2. The molecule has 3 heterocycles. The van der Waals surface area contributed by atoms with Crippen LogP contribution in [0.4, 0.5) is 8.78 Å². The summed E-state index contributed by atoms with van der Waals surface area (Å²) in [7, 11) is -2.29. The smallest absolute Gasteiger partial charge is 0.264 e. The molecule has 1 aliphatic rings. The quantitative estimate of drug-likeness (QED) is 0.392. The molecule has 0 unspecified atom stereocenters. The van der Waals surface area contributed by atoms with Crippen molar-refractivity contribution >= 4 is 20.9 Å². The number of fused-ring (bicyclic) bond motifs is 1. The Kier molecular flexibility index (Phi) is 6.35. The Bertz CT molecular complexity index is 1500. The fraction of sp³-hybridized carbons (Fsp3) is 0.375. The number of aryl methyl sites for hydroxylation is 2. The standard InChI is InChI=1S/C24H27F2N7O2S/c1-16-10-22-18(12-28-33(22)20-6-4-19(26)5-7-20)11-21(16)23-15-32(9-8-31(23)14-17(2)25)36(34,35)24-13-27-30(3)29-24/h4-7,10-13,17,23H,8-9,14-15H2,1-3H3/t17-,23+/m0/s1. The third kappa shape index (κ3) is 4.51. The number of piperazine rings is 1. The maximum absolute atomic E-state index is 14.1. The lowest BCUT2D eigenvalue weighted by atomic mass is 9.96. The van der Waals surface area contributed by atoms with Crippen molar-refractivity contribution in [1.29, 1.82) is 0 Å². The maximum Gasteiger partial charge on any atom is 0.264 e. The monoisotopic (exact) mass is 515 g/mol. The van der Waals surface area contributed by atoms with Crippen LogP contribution in [-0.4, -0.2) is 74.7 Å². The highest BCUT2D eigenvalue weighted by Crippen LogP contribution is 2.33. The molecule has 4 aromatic rings. The SMILES string of the molecule is Cc1cc2c(cnn2-c2ccc(F)cc2)cc1[C@H]1CN(S(=O)(=O)c2cnn(C)n2)CCN1C[C@H](C)F. The molecule has 190 valence electrons. The van der Waals surface area contributed by atoms with Crippen molar-refractivity contribution in [1.82, 2.24) is 34.0 Å². The fourth-order valence-corrected chi connectivity index (χ4v) is 6.10. The van der Waals surface area contributed by atoms with Crippen LogP contribution in [-0.2, 0) is 17.1 Å². The molecule has 2 atom stereocenters. The molecule has 0 saturated carbocycles. The molecule has 5 rings (SSSR count). The Morgan fingerprint density at radius 2 is 1.86 bits per heavy atom. The molecular formula is C24H27F2N7O2S. The van der Waals surface area contributed by atoms with Crippen molar-refractivity contribution < 1.29 is 17.2 Å². The number of hydrogen-bond acceptors (Lipinski definition) is 6. The van der Waals surface area contributed by atoms with E-state index in [0.717, 1.165) is 27.7 Å². The van der Waals surface area contributed by atoms with E-state index in [4.69, 9.17) is 0 Å². The van der Waals surface area contributed by atoms with E-state index in [1.807, 2.05) is 24.0 Å². The summed E-state index contributed by atoms with van der Waals surface area (Å²) in [4.78, 5) is 3.20. The molecule has 36 heavy (non-hydrogen) atoms.